The van der Waals surface area contributed by atoms with E-state index in [1.807, 2.05) is 0 Å². The molecular formula is C56H61N. The molecule has 0 fully saturated rings. The first-order valence-electron chi connectivity index (χ1n) is 21.7. The number of nitrogens with zero attached hydrogens (tertiary/aromatic N) is 1. The summed E-state index contributed by atoms with van der Waals surface area (Å²) in [6, 6.07) is 51.4. The third-order valence-electron chi connectivity index (χ3n) is 11.9. The fourth-order valence-corrected chi connectivity index (χ4v) is 7.96. The largest absolute Gasteiger partial charge is 0.345 e. The van der Waals surface area contributed by atoms with E-state index in [-0.39, 0.29) is 0 Å². The van der Waals surface area contributed by atoms with Crippen LogP contribution in [0.3, 0.4) is 0 Å². The molecule has 0 heterocycles. The predicted molar refractivity (Wildman–Crippen MR) is 249 cm³/mol. The molecule has 1 aliphatic carbocycles. The molecule has 6 aromatic rings. The van der Waals surface area contributed by atoms with Crippen molar-refractivity contribution in [2.24, 2.45) is 0 Å². The van der Waals surface area contributed by atoms with Gasteiger partial charge in [0.25, 0.3) is 0 Å². The van der Waals surface area contributed by atoms with Crippen molar-refractivity contribution in [3.05, 3.63) is 190 Å². The van der Waals surface area contributed by atoms with Gasteiger partial charge in [0.1, 0.15) is 0 Å². The SMILES string of the molecule is Cc1ccc(/C=C/c2ccc(-c3ccc(/C=C/c4ccc(N(C)c5ccc(CCCCCCCCCCCCc6ccc7c(c6)CC7)cc5)cc4)cc3)cc2)cc1. The smallest absolute Gasteiger partial charge is 0.0408 e. The Morgan fingerprint density at radius 2 is 0.754 bits per heavy atom. The van der Waals surface area contributed by atoms with Crippen molar-refractivity contribution in [3.63, 3.8) is 0 Å². The minimum atomic E-state index is 1.18. The Hall–Kier alpha value is -5.40. The minimum Gasteiger partial charge on any atom is -0.345 e. The molecule has 0 N–H and O–H groups in total. The third-order valence-corrected chi connectivity index (χ3v) is 11.9. The zero-order valence-corrected chi connectivity index (χ0v) is 34.4. The van der Waals surface area contributed by atoms with Crippen molar-refractivity contribution < 1.29 is 0 Å². The molecule has 7 rings (SSSR count). The molecule has 0 saturated heterocycles. The molecule has 0 aromatic heterocycles. The molecule has 0 radical (unpaired) electrons. The quantitative estimate of drug-likeness (QED) is 0.0555. The fourth-order valence-electron chi connectivity index (χ4n) is 7.96. The van der Waals surface area contributed by atoms with Gasteiger partial charge < -0.3 is 4.90 Å². The van der Waals surface area contributed by atoms with Crippen molar-refractivity contribution in [2.75, 3.05) is 11.9 Å². The van der Waals surface area contributed by atoms with Crippen molar-refractivity contribution in [1.82, 2.24) is 0 Å². The van der Waals surface area contributed by atoms with Gasteiger partial charge in [0.05, 0.1) is 0 Å². The number of aryl methyl sites for hydroxylation is 5. The number of rotatable bonds is 20. The Kier molecular flexibility index (Phi) is 14.4. The normalized spacial score (nSPS) is 12.2. The number of unbranched alkanes of at least 4 members (excludes halogenated alkanes) is 9. The van der Waals surface area contributed by atoms with E-state index in [9.17, 15) is 0 Å². The van der Waals surface area contributed by atoms with Gasteiger partial charge in [-0.3, -0.25) is 0 Å². The first-order valence-corrected chi connectivity index (χ1v) is 21.7. The summed E-state index contributed by atoms with van der Waals surface area (Å²) in [6.45, 7) is 2.12. The van der Waals surface area contributed by atoms with E-state index in [1.54, 1.807) is 16.7 Å². The van der Waals surface area contributed by atoms with Crippen LogP contribution in [0.2, 0.25) is 0 Å². The molecule has 0 saturated carbocycles. The highest BCUT2D eigenvalue weighted by Gasteiger charge is 2.12. The fraction of sp³-hybridized carbons (Fsp3) is 0.286. The lowest BCUT2D eigenvalue weighted by molar-refractivity contribution is 0.551. The maximum Gasteiger partial charge on any atom is 0.0408 e. The maximum absolute atomic E-state index is 2.46. The summed E-state index contributed by atoms with van der Waals surface area (Å²) in [5.74, 6) is 0. The lowest BCUT2D eigenvalue weighted by Crippen LogP contribution is -2.09. The summed E-state index contributed by atoms with van der Waals surface area (Å²) in [5, 5.41) is 0. The lowest BCUT2D eigenvalue weighted by Gasteiger charge is -2.20. The summed E-state index contributed by atoms with van der Waals surface area (Å²) >= 11 is 0. The molecule has 0 atom stereocenters. The number of hydrogen-bond acceptors (Lipinski definition) is 1. The van der Waals surface area contributed by atoms with Crippen LogP contribution < -0.4 is 4.90 Å². The van der Waals surface area contributed by atoms with E-state index in [0.717, 1.165) is 0 Å². The van der Waals surface area contributed by atoms with Crippen LogP contribution in [-0.4, -0.2) is 7.05 Å². The average molecular weight is 748 g/mol. The van der Waals surface area contributed by atoms with Gasteiger partial charge in [-0.15, -0.1) is 0 Å². The van der Waals surface area contributed by atoms with Gasteiger partial charge in [0.15, 0.2) is 0 Å². The van der Waals surface area contributed by atoms with E-state index in [2.05, 4.69) is 183 Å². The second-order valence-corrected chi connectivity index (χ2v) is 16.3. The van der Waals surface area contributed by atoms with Crippen LogP contribution in [0.1, 0.15) is 114 Å². The number of anilines is 2. The Bertz CT molecular complexity index is 2170. The van der Waals surface area contributed by atoms with Gasteiger partial charge in [-0.2, -0.15) is 0 Å². The van der Waals surface area contributed by atoms with Gasteiger partial charge in [0.2, 0.25) is 0 Å². The van der Waals surface area contributed by atoms with Crippen LogP contribution in [0.25, 0.3) is 35.4 Å². The first kappa shape index (κ1) is 39.8. The molecule has 1 nitrogen and oxygen atoms in total. The van der Waals surface area contributed by atoms with Crippen LogP contribution in [0.4, 0.5) is 11.4 Å². The Morgan fingerprint density at radius 3 is 1.19 bits per heavy atom. The Morgan fingerprint density at radius 1 is 0.386 bits per heavy atom. The molecule has 1 aliphatic rings. The molecule has 0 amide bonds. The molecule has 0 spiro atoms. The molecule has 0 aliphatic heterocycles. The van der Waals surface area contributed by atoms with Crippen LogP contribution >= 0.6 is 0 Å². The van der Waals surface area contributed by atoms with E-state index >= 15 is 0 Å². The molecule has 1 heteroatoms. The summed E-state index contributed by atoms with van der Waals surface area (Å²) in [7, 11) is 2.16. The summed E-state index contributed by atoms with van der Waals surface area (Å²) in [5.41, 5.74) is 17.2. The molecular weight excluding hydrogens is 687 g/mol. The number of benzene rings is 6. The van der Waals surface area contributed by atoms with Gasteiger partial charge >= 0.3 is 0 Å². The van der Waals surface area contributed by atoms with Crippen LogP contribution in [0.5, 0.6) is 0 Å². The maximum atomic E-state index is 2.46. The minimum absolute atomic E-state index is 1.18. The van der Waals surface area contributed by atoms with Crippen LogP contribution in [-0.2, 0) is 25.7 Å². The standard InChI is InChI=1S/C56H61N/c1-44-15-17-46(18-16-44)19-20-47-23-32-51(33-24-47)52-34-25-48(26-35-52)21-22-49-30-41-56(42-31-49)57(2)55-39-28-45(29-40-55)13-11-9-7-5-3-4-6-8-10-12-14-50-27-36-53-37-38-54(53)43-50/h15-36,39-43H,3-14,37-38H2,1-2H3/b20-19+,22-21+. The van der Waals surface area contributed by atoms with E-state index in [0.29, 0.717) is 0 Å². The molecule has 0 unspecified atom stereocenters. The number of fused-ring (bicyclic) bond motifs is 1. The molecule has 57 heavy (non-hydrogen) atoms. The molecule has 6 aromatic carbocycles. The highest BCUT2D eigenvalue weighted by Crippen LogP contribution is 2.27. The lowest BCUT2D eigenvalue weighted by atomic mass is 9.86. The summed E-state index contributed by atoms with van der Waals surface area (Å²) in [6.07, 6.45) is 27.5. The Balaban J connectivity index is 0.764. The van der Waals surface area contributed by atoms with E-state index in [1.165, 1.54) is 146 Å². The highest BCUT2D eigenvalue weighted by molar-refractivity contribution is 5.75. The second kappa shape index (κ2) is 20.7. The predicted octanol–water partition coefficient (Wildman–Crippen LogP) is 15.6. The molecule has 0 bridgehead atoms. The van der Waals surface area contributed by atoms with Gasteiger partial charge in [-0.25, -0.2) is 0 Å². The van der Waals surface area contributed by atoms with Crippen molar-refractivity contribution >= 4 is 35.7 Å². The number of hydrogen-bond donors (Lipinski definition) is 0. The third kappa shape index (κ3) is 12.0. The topological polar surface area (TPSA) is 3.24 Å². The van der Waals surface area contributed by atoms with E-state index in [4.69, 9.17) is 0 Å². The van der Waals surface area contributed by atoms with Gasteiger partial charge in [-0.1, -0.05) is 196 Å². The zero-order chi connectivity index (χ0) is 39.1. The second-order valence-electron chi connectivity index (χ2n) is 16.3. The average Bonchev–Trinajstić information content (AvgIpc) is 3.24. The Labute approximate surface area is 343 Å². The van der Waals surface area contributed by atoms with Crippen molar-refractivity contribution in [2.45, 2.75) is 96.8 Å². The monoisotopic (exact) mass is 747 g/mol. The highest BCUT2D eigenvalue weighted by atomic mass is 15.1. The van der Waals surface area contributed by atoms with Crippen LogP contribution in [0, 0.1) is 6.92 Å². The molecule has 290 valence electrons. The van der Waals surface area contributed by atoms with Crippen LogP contribution in [0.15, 0.2) is 140 Å². The van der Waals surface area contributed by atoms with Gasteiger partial charge in [-0.05, 0) is 125 Å². The summed E-state index contributed by atoms with van der Waals surface area (Å²) < 4.78 is 0. The van der Waals surface area contributed by atoms with Gasteiger partial charge in [0, 0.05) is 18.4 Å². The summed E-state index contributed by atoms with van der Waals surface area (Å²) in [4.78, 5) is 2.27. The zero-order valence-electron chi connectivity index (χ0n) is 34.4. The van der Waals surface area contributed by atoms with E-state index < -0.39 is 0 Å². The first-order chi connectivity index (χ1) is 28.1. The van der Waals surface area contributed by atoms with Crippen molar-refractivity contribution in [3.8, 4) is 11.1 Å². The van der Waals surface area contributed by atoms with Crippen molar-refractivity contribution in [1.29, 1.82) is 0 Å².